The van der Waals surface area contributed by atoms with Gasteiger partial charge in [-0.2, -0.15) is 0 Å². The number of nitrogens with one attached hydrogen (secondary N) is 1. The third-order valence-electron chi connectivity index (χ3n) is 6.69. The summed E-state index contributed by atoms with van der Waals surface area (Å²) in [7, 11) is -4.24. The molecule has 0 saturated carbocycles. The molecule has 232 valence electrons. The van der Waals surface area contributed by atoms with E-state index < -0.39 is 28.5 Å². The topological polar surface area (TPSA) is 96.0 Å². The SMILES string of the molecule is CCCCNC(=O)C(CC)N(Cc1ccc(Cl)cc1Cl)C(=O)CN(c1ccc(OCC)cc1)S(=O)(=O)c1ccc(Cl)cc1. The summed E-state index contributed by atoms with van der Waals surface area (Å²) in [6.45, 7) is 5.93. The van der Waals surface area contributed by atoms with Crippen molar-refractivity contribution in [3.05, 3.63) is 87.4 Å². The quantitative estimate of drug-likeness (QED) is 0.177. The Labute approximate surface area is 268 Å². The second-order valence-electron chi connectivity index (χ2n) is 9.72. The molecule has 1 N–H and O–H groups in total. The number of hydrogen-bond donors (Lipinski definition) is 1. The van der Waals surface area contributed by atoms with Gasteiger partial charge < -0.3 is 15.0 Å². The van der Waals surface area contributed by atoms with E-state index in [4.69, 9.17) is 39.5 Å². The third kappa shape index (κ3) is 9.25. The highest BCUT2D eigenvalue weighted by atomic mass is 35.5. The van der Waals surface area contributed by atoms with Crippen molar-refractivity contribution in [2.75, 3.05) is 24.0 Å². The molecule has 3 aromatic rings. The number of sulfonamides is 1. The predicted octanol–water partition coefficient (Wildman–Crippen LogP) is 6.96. The molecule has 3 aromatic carbocycles. The van der Waals surface area contributed by atoms with E-state index in [2.05, 4.69) is 5.32 Å². The minimum Gasteiger partial charge on any atom is -0.494 e. The summed E-state index contributed by atoms with van der Waals surface area (Å²) in [5.74, 6) is -0.368. The van der Waals surface area contributed by atoms with E-state index >= 15 is 0 Å². The van der Waals surface area contributed by atoms with E-state index in [1.54, 1.807) is 49.4 Å². The molecule has 3 rings (SSSR count). The summed E-state index contributed by atoms with van der Waals surface area (Å²) in [5.41, 5.74) is 0.809. The van der Waals surface area contributed by atoms with Crippen molar-refractivity contribution >= 4 is 62.3 Å². The summed E-state index contributed by atoms with van der Waals surface area (Å²) >= 11 is 18.6. The number of carbonyl (C=O) groups is 2. The molecule has 2 amide bonds. The second-order valence-corrected chi connectivity index (χ2v) is 12.9. The zero-order chi connectivity index (χ0) is 31.6. The van der Waals surface area contributed by atoms with E-state index in [-0.39, 0.29) is 23.0 Å². The van der Waals surface area contributed by atoms with Crippen LogP contribution >= 0.6 is 34.8 Å². The molecule has 0 bridgehead atoms. The molecule has 0 saturated heterocycles. The first-order valence-corrected chi connectivity index (χ1v) is 16.6. The number of carbonyl (C=O) groups excluding carboxylic acids is 2. The van der Waals surface area contributed by atoms with Gasteiger partial charge in [-0.25, -0.2) is 8.42 Å². The van der Waals surface area contributed by atoms with Gasteiger partial charge in [-0.3, -0.25) is 13.9 Å². The molecule has 0 aliphatic rings. The maximum atomic E-state index is 14.2. The van der Waals surface area contributed by atoms with Crippen LogP contribution < -0.4 is 14.4 Å². The van der Waals surface area contributed by atoms with Crippen molar-refractivity contribution in [1.82, 2.24) is 10.2 Å². The number of nitrogens with zero attached hydrogens (tertiary/aromatic N) is 2. The lowest BCUT2D eigenvalue weighted by atomic mass is 10.1. The predicted molar refractivity (Wildman–Crippen MR) is 173 cm³/mol. The fourth-order valence-corrected chi connectivity index (χ4v) is 6.41. The lowest BCUT2D eigenvalue weighted by Gasteiger charge is -2.33. The normalized spacial score (nSPS) is 12.0. The smallest absolute Gasteiger partial charge is 0.264 e. The lowest BCUT2D eigenvalue weighted by molar-refractivity contribution is -0.140. The first-order valence-electron chi connectivity index (χ1n) is 14.0. The van der Waals surface area contributed by atoms with Crippen LogP contribution in [0.2, 0.25) is 15.1 Å². The van der Waals surface area contributed by atoms with E-state index in [1.165, 1.54) is 29.2 Å². The van der Waals surface area contributed by atoms with Crippen molar-refractivity contribution in [3.63, 3.8) is 0 Å². The van der Waals surface area contributed by atoms with Gasteiger partial charge in [0, 0.05) is 28.2 Å². The van der Waals surface area contributed by atoms with Crippen LogP contribution in [-0.4, -0.2) is 50.9 Å². The molecule has 1 atom stereocenters. The van der Waals surface area contributed by atoms with Crippen LogP contribution in [0, 0.1) is 0 Å². The number of halogens is 3. The lowest BCUT2D eigenvalue weighted by Crippen LogP contribution is -2.52. The highest BCUT2D eigenvalue weighted by Crippen LogP contribution is 2.28. The maximum Gasteiger partial charge on any atom is 0.264 e. The van der Waals surface area contributed by atoms with Crippen molar-refractivity contribution in [1.29, 1.82) is 0 Å². The highest BCUT2D eigenvalue weighted by Gasteiger charge is 2.34. The summed E-state index contributed by atoms with van der Waals surface area (Å²) < 4.78 is 34.5. The fraction of sp³-hybridized carbons (Fsp3) is 0.355. The van der Waals surface area contributed by atoms with Crippen LogP contribution in [0.4, 0.5) is 5.69 Å². The summed E-state index contributed by atoms with van der Waals surface area (Å²) in [5, 5.41) is 4.01. The van der Waals surface area contributed by atoms with Gasteiger partial charge in [0.1, 0.15) is 18.3 Å². The fourth-order valence-electron chi connectivity index (χ4n) is 4.40. The highest BCUT2D eigenvalue weighted by molar-refractivity contribution is 7.92. The molecule has 0 fully saturated rings. The van der Waals surface area contributed by atoms with Crippen molar-refractivity contribution in [2.24, 2.45) is 0 Å². The molecule has 8 nitrogen and oxygen atoms in total. The Balaban J connectivity index is 2.06. The van der Waals surface area contributed by atoms with Gasteiger partial charge in [0.25, 0.3) is 10.0 Å². The van der Waals surface area contributed by atoms with Crippen LogP contribution in [0.25, 0.3) is 0 Å². The van der Waals surface area contributed by atoms with Crippen LogP contribution in [0.1, 0.15) is 45.6 Å². The summed E-state index contributed by atoms with van der Waals surface area (Å²) in [6.07, 6.45) is 1.96. The second kappa shape index (κ2) is 16.2. The number of benzene rings is 3. The van der Waals surface area contributed by atoms with E-state index in [9.17, 15) is 18.0 Å². The number of ether oxygens (including phenoxy) is 1. The Morgan fingerprint density at radius 2 is 1.56 bits per heavy atom. The summed E-state index contributed by atoms with van der Waals surface area (Å²) in [4.78, 5) is 28.8. The Morgan fingerprint density at radius 1 is 0.907 bits per heavy atom. The van der Waals surface area contributed by atoms with Gasteiger partial charge in [-0.15, -0.1) is 0 Å². The molecule has 0 heterocycles. The minimum absolute atomic E-state index is 0.0351. The Kier molecular flexibility index (Phi) is 13.0. The first-order chi connectivity index (χ1) is 20.5. The van der Waals surface area contributed by atoms with Crippen molar-refractivity contribution < 1.29 is 22.7 Å². The summed E-state index contributed by atoms with van der Waals surface area (Å²) in [6, 6.07) is 16.1. The monoisotopic (exact) mass is 667 g/mol. The minimum atomic E-state index is -4.24. The largest absolute Gasteiger partial charge is 0.494 e. The van der Waals surface area contributed by atoms with Gasteiger partial charge in [0.2, 0.25) is 11.8 Å². The molecular weight excluding hydrogens is 633 g/mol. The van der Waals surface area contributed by atoms with Gasteiger partial charge >= 0.3 is 0 Å². The molecule has 0 aliphatic heterocycles. The Morgan fingerprint density at radius 3 is 2.14 bits per heavy atom. The Hall–Kier alpha value is -2.98. The van der Waals surface area contributed by atoms with Crippen LogP contribution in [0.3, 0.4) is 0 Å². The van der Waals surface area contributed by atoms with Crippen LogP contribution in [-0.2, 0) is 26.2 Å². The molecule has 0 aromatic heterocycles. The van der Waals surface area contributed by atoms with Gasteiger partial charge in [-0.1, -0.05) is 61.1 Å². The van der Waals surface area contributed by atoms with Gasteiger partial charge in [0.15, 0.2) is 0 Å². The molecule has 0 spiro atoms. The van der Waals surface area contributed by atoms with E-state index in [0.29, 0.717) is 46.0 Å². The zero-order valence-corrected chi connectivity index (χ0v) is 27.4. The standard InChI is InChI=1S/C31H36Cl3N3O5S/c1-4-7-18-35-31(39)29(5-2)36(20-22-8-9-24(33)19-28(22)34)30(38)21-37(25-12-14-26(15-13-25)42-6-3)43(40,41)27-16-10-23(32)11-17-27/h8-17,19,29H,4-7,18,20-21H2,1-3H3,(H,35,39). The maximum absolute atomic E-state index is 14.2. The molecule has 12 heteroatoms. The molecule has 0 aliphatic carbocycles. The number of unbranched alkanes of at least 4 members (excludes halogenated alkanes) is 1. The van der Waals surface area contributed by atoms with E-state index in [0.717, 1.165) is 17.1 Å². The van der Waals surface area contributed by atoms with Crippen LogP contribution in [0.15, 0.2) is 71.6 Å². The number of amides is 2. The number of anilines is 1. The number of rotatable bonds is 15. The van der Waals surface area contributed by atoms with E-state index in [1.807, 2.05) is 13.8 Å². The molecule has 1 unspecified atom stereocenters. The average molecular weight is 669 g/mol. The molecular formula is C31H36Cl3N3O5S. The van der Waals surface area contributed by atoms with Gasteiger partial charge in [-0.05, 0) is 86.0 Å². The zero-order valence-electron chi connectivity index (χ0n) is 24.4. The Bertz CT molecular complexity index is 1490. The average Bonchev–Trinajstić information content (AvgIpc) is 2.97. The number of hydrogen-bond acceptors (Lipinski definition) is 5. The third-order valence-corrected chi connectivity index (χ3v) is 9.31. The van der Waals surface area contributed by atoms with Crippen LogP contribution in [0.5, 0.6) is 5.75 Å². The van der Waals surface area contributed by atoms with Crippen molar-refractivity contribution in [2.45, 2.75) is 57.5 Å². The van der Waals surface area contributed by atoms with Crippen molar-refractivity contribution in [3.8, 4) is 5.75 Å². The first kappa shape index (κ1) is 34.5. The molecule has 0 radical (unpaired) electrons. The van der Waals surface area contributed by atoms with Gasteiger partial charge in [0.05, 0.1) is 17.2 Å². The molecule has 43 heavy (non-hydrogen) atoms.